The van der Waals surface area contributed by atoms with E-state index in [1.165, 1.54) is 4.31 Å². The van der Waals surface area contributed by atoms with Crippen LogP contribution in [0.1, 0.15) is 11.1 Å². The lowest BCUT2D eigenvalue weighted by atomic mass is 9.91. The van der Waals surface area contributed by atoms with Gasteiger partial charge in [-0.25, -0.2) is 13.4 Å². The van der Waals surface area contributed by atoms with Crippen LogP contribution in [0.4, 0.5) is 5.69 Å². The number of halogens is 1. The molecule has 3 heterocycles. The predicted octanol–water partition coefficient (Wildman–Crippen LogP) is 6.74. The van der Waals surface area contributed by atoms with Crippen LogP contribution in [0.25, 0.3) is 33.4 Å². The molecule has 0 aliphatic carbocycles. The third-order valence-electron chi connectivity index (χ3n) is 6.32. The Labute approximate surface area is 212 Å². The average molecular weight is 542 g/mol. The molecular formula is C28H20BrN3O2S. The molecule has 35 heavy (non-hydrogen) atoms. The number of anilines is 1. The minimum Gasteiger partial charge on any atom is -0.261 e. The summed E-state index contributed by atoms with van der Waals surface area (Å²) in [5.41, 5.74) is 7.35. The Morgan fingerprint density at radius 1 is 0.857 bits per heavy atom. The van der Waals surface area contributed by atoms with Crippen LogP contribution < -0.4 is 4.31 Å². The van der Waals surface area contributed by atoms with Gasteiger partial charge >= 0.3 is 0 Å². The lowest BCUT2D eigenvalue weighted by Crippen LogP contribution is -2.33. The van der Waals surface area contributed by atoms with E-state index in [0.29, 0.717) is 5.69 Å². The molecule has 3 aromatic carbocycles. The molecule has 0 saturated heterocycles. The van der Waals surface area contributed by atoms with Crippen LogP contribution in [-0.4, -0.2) is 18.4 Å². The summed E-state index contributed by atoms with van der Waals surface area (Å²) in [5.74, 6) is 0. The zero-order chi connectivity index (χ0) is 24.2. The van der Waals surface area contributed by atoms with Crippen LogP contribution in [0.3, 0.4) is 0 Å². The summed E-state index contributed by atoms with van der Waals surface area (Å²) in [4.78, 5) is 9.95. The van der Waals surface area contributed by atoms with E-state index in [2.05, 4.69) is 20.9 Å². The second kappa shape index (κ2) is 8.29. The molecule has 5 aromatic rings. The van der Waals surface area contributed by atoms with Gasteiger partial charge in [-0.2, -0.15) is 0 Å². The number of nitrogens with zero attached hydrogens (tertiary/aromatic N) is 3. The van der Waals surface area contributed by atoms with Crippen molar-refractivity contribution in [1.82, 2.24) is 9.97 Å². The molecule has 7 heteroatoms. The molecule has 0 unspecified atom stereocenters. The molecule has 0 saturated carbocycles. The van der Waals surface area contributed by atoms with Crippen molar-refractivity contribution in [2.24, 2.45) is 0 Å². The lowest BCUT2D eigenvalue weighted by molar-refractivity contribution is 0.590. The van der Waals surface area contributed by atoms with Gasteiger partial charge in [0.05, 0.1) is 28.3 Å². The van der Waals surface area contributed by atoms with Crippen molar-refractivity contribution in [2.75, 3.05) is 4.31 Å². The first-order valence-electron chi connectivity index (χ1n) is 11.2. The van der Waals surface area contributed by atoms with Gasteiger partial charge in [-0.05, 0) is 52.7 Å². The van der Waals surface area contributed by atoms with E-state index in [4.69, 9.17) is 4.98 Å². The van der Waals surface area contributed by atoms with Gasteiger partial charge in [0.2, 0.25) is 0 Å². The van der Waals surface area contributed by atoms with Crippen LogP contribution in [-0.2, 0) is 16.6 Å². The fourth-order valence-corrected chi connectivity index (χ4v) is 6.47. The first-order valence-corrected chi connectivity index (χ1v) is 13.4. The zero-order valence-corrected chi connectivity index (χ0v) is 21.2. The lowest BCUT2D eigenvalue weighted by Gasteiger charge is -2.33. The molecular weight excluding hydrogens is 522 g/mol. The number of benzene rings is 3. The van der Waals surface area contributed by atoms with Crippen molar-refractivity contribution in [3.8, 4) is 22.4 Å². The predicted molar refractivity (Wildman–Crippen MR) is 143 cm³/mol. The van der Waals surface area contributed by atoms with Crippen molar-refractivity contribution in [3.05, 3.63) is 107 Å². The molecule has 0 radical (unpaired) electrons. The summed E-state index contributed by atoms with van der Waals surface area (Å²) in [7, 11) is -3.82. The summed E-state index contributed by atoms with van der Waals surface area (Å²) in [6, 6.07) is 26.4. The Morgan fingerprint density at radius 2 is 1.57 bits per heavy atom. The molecule has 1 aliphatic heterocycles. The maximum Gasteiger partial charge on any atom is 0.264 e. The third kappa shape index (κ3) is 3.54. The van der Waals surface area contributed by atoms with Crippen LogP contribution >= 0.6 is 15.9 Å². The summed E-state index contributed by atoms with van der Waals surface area (Å²) in [6.45, 7) is 2.10. The monoisotopic (exact) mass is 541 g/mol. The van der Waals surface area contributed by atoms with Gasteiger partial charge in [0, 0.05) is 27.4 Å². The highest BCUT2D eigenvalue weighted by Crippen LogP contribution is 2.46. The first-order chi connectivity index (χ1) is 16.9. The van der Waals surface area contributed by atoms with Gasteiger partial charge in [0.25, 0.3) is 10.0 Å². The van der Waals surface area contributed by atoms with Crippen molar-refractivity contribution in [2.45, 2.75) is 18.4 Å². The number of para-hydroxylation sites is 1. The smallest absolute Gasteiger partial charge is 0.261 e. The summed E-state index contributed by atoms with van der Waals surface area (Å²) in [6.07, 6.45) is 1.74. The Bertz CT molecular complexity index is 1700. The molecule has 0 atom stereocenters. The van der Waals surface area contributed by atoms with E-state index >= 15 is 0 Å². The fraction of sp³-hybridized carbons (Fsp3) is 0.0714. The number of fused-ring (bicyclic) bond motifs is 4. The zero-order valence-electron chi connectivity index (χ0n) is 18.8. The number of aryl methyl sites for hydroxylation is 1. The van der Waals surface area contributed by atoms with Crippen molar-refractivity contribution >= 4 is 42.7 Å². The summed E-state index contributed by atoms with van der Waals surface area (Å²) >= 11 is 3.64. The number of sulfonamides is 1. The van der Waals surface area contributed by atoms with Gasteiger partial charge in [-0.1, -0.05) is 66.2 Å². The Kier molecular flexibility index (Phi) is 5.20. The van der Waals surface area contributed by atoms with E-state index in [1.807, 2.05) is 79.7 Å². The quantitative estimate of drug-likeness (QED) is 0.253. The fourth-order valence-electron chi connectivity index (χ4n) is 4.62. The summed E-state index contributed by atoms with van der Waals surface area (Å²) in [5, 5.41) is 0. The molecule has 0 amide bonds. The van der Waals surface area contributed by atoms with Gasteiger partial charge in [-0.3, -0.25) is 9.29 Å². The van der Waals surface area contributed by atoms with Crippen molar-refractivity contribution < 1.29 is 8.42 Å². The van der Waals surface area contributed by atoms with Gasteiger partial charge < -0.3 is 0 Å². The minimum atomic E-state index is -3.82. The topological polar surface area (TPSA) is 63.2 Å². The second-order valence-electron chi connectivity index (χ2n) is 8.51. The molecule has 0 N–H and O–H groups in total. The van der Waals surface area contributed by atoms with Gasteiger partial charge in [0.15, 0.2) is 0 Å². The Balaban J connectivity index is 1.68. The first kappa shape index (κ1) is 21.9. The standard InChI is InChI=1S/C28H20BrN3O2S/c1-18-11-13-20(14-12-18)35(33,34)32-17-22-25(19-7-3-2-4-8-19)28-27(23(29)15-16-30-28)31-26(22)21-9-5-6-10-24(21)32/h2-16H,17H2,1H3. The third-order valence-corrected chi connectivity index (χ3v) is 8.74. The Morgan fingerprint density at radius 3 is 2.34 bits per heavy atom. The molecule has 0 fully saturated rings. The number of aromatic nitrogens is 2. The highest BCUT2D eigenvalue weighted by atomic mass is 79.9. The number of rotatable bonds is 3. The molecule has 2 aromatic heterocycles. The molecule has 1 aliphatic rings. The van der Waals surface area contributed by atoms with Crippen LogP contribution in [0.2, 0.25) is 0 Å². The number of hydrogen-bond acceptors (Lipinski definition) is 4. The molecule has 0 spiro atoms. The van der Waals surface area contributed by atoms with E-state index in [1.54, 1.807) is 18.3 Å². The van der Waals surface area contributed by atoms with Crippen molar-refractivity contribution in [1.29, 1.82) is 0 Å². The molecule has 5 nitrogen and oxygen atoms in total. The minimum absolute atomic E-state index is 0.157. The average Bonchev–Trinajstić information content (AvgIpc) is 2.88. The summed E-state index contributed by atoms with van der Waals surface area (Å²) < 4.78 is 30.2. The number of pyridine rings is 2. The van der Waals surface area contributed by atoms with Crippen LogP contribution in [0.15, 0.2) is 100 Å². The van der Waals surface area contributed by atoms with Gasteiger partial charge in [0.1, 0.15) is 5.52 Å². The largest absolute Gasteiger partial charge is 0.264 e. The molecule has 172 valence electrons. The van der Waals surface area contributed by atoms with E-state index in [0.717, 1.165) is 49.0 Å². The molecule has 6 rings (SSSR count). The van der Waals surface area contributed by atoms with E-state index in [-0.39, 0.29) is 11.4 Å². The molecule has 0 bridgehead atoms. The number of hydrogen-bond donors (Lipinski definition) is 0. The van der Waals surface area contributed by atoms with E-state index < -0.39 is 10.0 Å². The highest BCUT2D eigenvalue weighted by Gasteiger charge is 2.34. The maximum absolute atomic E-state index is 13.9. The van der Waals surface area contributed by atoms with E-state index in [9.17, 15) is 8.42 Å². The highest BCUT2D eigenvalue weighted by molar-refractivity contribution is 9.10. The maximum atomic E-state index is 13.9. The van der Waals surface area contributed by atoms with Gasteiger partial charge in [-0.15, -0.1) is 0 Å². The normalized spacial score (nSPS) is 12.9. The van der Waals surface area contributed by atoms with Crippen LogP contribution in [0.5, 0.6) is 0 Å². The second-order valence-corrected chi connectivity index (χ2v) is 11.2. The van der Waals surface area contributed by atoms with Crippen LogP contribution in [0, 0.1) is 6.92 Å². The SMILES string of the molecule is Cc1ccc(S(=O)(=O)N2Cc3c(nc4c(Br)ccnc4c3-c3ccccc3)-c3ccccc32)cc1. The van der Waals surface area contributed by atoms with Crippen molar-refractivity contribution in [3.63, 3.8) is 0 Å². The Hall–Kier alpha value is -3.55.